The molecule has 0 atom stereocenters. The minimum Gasteiger partial charge on any atom is -0.497 e. The Kier molecular flexibility index (Phi) is 3.87. The molecule has 4 heteroatoms. The second-order valence-electron chi connectivity index (χ2n) is 4.95. The van der Waals surface area contributed by atoms with Crippen LogP contribution in [0, 0.1) is 5.41 Å². The molecule has 18 heavy (non-hydrogen) atoms. The fourth-order valence-corrected chi connectivity index (χ4v) is 2.13. The average Bonchev–Trinajstić information content (AvgIpc) is 3.17. The van der Waals surface area contributed by atoms with Gasteiger partial charge in [0.05, 0.1) is 7.11 Å². The predicted molar refractivity (Wildman–Crippen MR) is 70.7 cm³/mol. The van der Waals surface area contributed by atoms with Crippen molar-refractivity contribution in [3.8, 4) is 5.75 Å². The molecular formula is C14H20N2O2. The summed E-state index contributed by atoms with van der Waals surface area (Å²) < 4.78 is 5.10. The quantitative estimate of drug-likeness (QED) is 0.803. The van der Waals surface area contributed by atoms with E-state index in [1.165, 1.54) is 12.8 Å². The highest BCUT2D eigenvalue weighted by Crippen LogP contribution is 2.47. The first-order valence-corrected chi connectivity index (χ1v) is 6.31. The third kappa shape index (κ3) is 3.01. The Balaban J connectivity index is 1.91. The lowest BCUT2D eigenvalue weighted by Gasteiger charge is -2.15. The molecule has 0 heterocycles. The second kappa shape index (κ2) is 5.40. The van der Waals surface area contributed by atoms with Gasteiger partial charge in [-0.25, -0.2) is 0 Å². The molecule has 1 saturated carbocycles. The van der Waals surface area contributed by atoms with E-state index in [1.807, 2.05) is 12.1 Å². The lowest BCUT2D eigenvalue weighted by molar-refractivity contribution is 0.0943. The Labute approximate surface area is 108 Å². The van der Waals surface area contributed by atoms with Gasteiger partial charge in [-0.15, -0.1) is 0 Å². The number of rotatable bonds is 6. The molecule has 0 aromatic heterocycles. The van der Waals surface area contributed by atoms with Crippen molar-refractivity contribution in [1.29, 1.82) is 0 Å². The molecule has 0 spiro atoms. The van der Waals surface area contributed by atoms with Crippen molar-refractivity contribution < 1.29 is 9.53 Å². The van der Waals surface area contributed by atoms with Gasteiger partial charge in [-0.3, -0.25) is 4.79 Å². The SMILES string of the molecule is COc1cccc(C(=O)NCC2(CCN)CC2)c1. The van der Waals surface area contributed by atoms with Crippen molar-refractivity contribution in [2.24, 2.45) is 11.1 Å². The van der Waals surface area contributed by atoms with E-state index >= 15 is 0 Å². The number of nitrogens with two attached hydrogens (primary N) is 1. The van der Waals surface area contributed by atoms with Gasteiger partial charge in [0.15, 0.2) is 0 Å². The summed E-state index contributed by atoms with van der Waals surface area (Å²) in [5.74, 6) is 0.655. The second-order valence-corrected chi connectivity index (χ2v) is 4.95. The van der Waals surface area contributed by atoms with Gasteiger partial charge in [0, 0.05) is 12.1 Å². The molecule has 0 unspecified atom stereocenters. The molecule has 1 fully saturated rings. The maximum absolute atomic E-state index is 12.0. The van der Waals surface area contributed by atoms with Crippen LogP contribution in [0.1, 0.15) is 29.6 Å². The van der Waals surface area contributed by atoms with Gasteiger partial charge >= 0.3 is 0 Å². The molecular weight excluding hydrogens is 228 g/mol. The number of amides is 1. The van der Waals surface area contributed by atoms with Crippen LogP contribution in [0.3, 0.4) is 0 Å². The molecule has 3 N–H and O–H groups in total. The summed E-state index contributed by atoms with van der Waals surface area (Å²) in [7, 11) is 1.59. The summed E-state index contributed by atoms with van der Waals surface area (Å²) in [5, 5.41) is 2.99. The van der Waals surface area contributed by atoms with Crippen LogP contribution in [0.5, 0.6) is 5.75 Å². The number of nitrogens with one attached hydrogen (secondary N) is 1. The van der Waals surface area contributed by atoms with Crippen molar-refractivity contribution in [2.75, 3.05) is 20.2 Å². The third-order valence-electron chi connectivity index (χ3n) is 3.59. The van der Waals surface area contributed by atoms with Gasteiger partial charge in [0.1, 0.15) is 5.75 Å². The highest BCUT2D eigenvalue weighted by atomic mass is 16.5. The number of methoxy groups -OCH3 is 1. The van der Waals surface area contributed by atoms with Gasteiger partial charge in [0.25, 0.3) is 5.91 Å². The predicted octanol–water partition coefficient (Wildman–Crippen LogP) is 1.55. The minimum absolute atomic E-state index is 0.0443. The topological polar surface area (TPSA) is 64.3 Å². The summed E-state index contributed by atoms with van der Waals surface area (Å²) in [6, 6.07) is 7.19. The van der Waals surface area contributed by atoms with E-state index in [-0.39, 0.29) is 11.3 Å². The maximum Gasteiger partial charge on any atom is 0.251 e. The number of benzene rings is 1. The molecule has 0 radical (unpaired) electrons. The molecule has 0 aliphatic heterocycles. The number of carbonyl (C=O) groups excluding carboxylic acids is 1. The van der Waals surface area contributed by atoms with E-state index in [9.17, 15) is 4.79 Å². The summed E-state index contributed by atoms with van der Waals surface area (Å²) in [5.41, 5.74) is 6.48. The van der Waals surface area contributed by atoms with Crippen molar-refractivity contribution in [2.45, 2.75) is 19.3 Å². The molecule has 1 aromatic carbocycles. The summed E-state index contributed by atoms with van der Waals surface area (Å²) in [6.45, 7) is 1.41. The van der Waals surface area contributed by atoms with Crippen molar-refractivity contribution >= 4 is 5.91 Å². The number of hydrogen-bond acceptors (Lipinski definition) is 3. The lowest BCUT2D eigenvalue weighted by Crippen LogP contribution is -2.31. The fraction of sp³-hybridized carbons (Fsp3) is 0.500. The summed E-state index contributed by atoms with van der Waals surface area (Å²) in [6.07, 6.45) is 3.33. The Morgan fingerprint density at radius 3 is 2.89 bits per heavy atom. The van der Waals surface area contributed by atoms with E-state index in [0.717, 1.165) is 13.0 Å². The van der Waals surface area contributed by atoms with Gasteiger partial charge in [0.2, 0.25) is 0 Å². The number of carbonyl (C=O) groups is 1. The smallest absolute Gasteiger partial charge is 0.251 e. The summed E-state index contributed by atoms with van der Waals surface area (Å²) in [4.78, 5) is 12.0. The van der Waals surface area contributed by atoms with Crippen LogP contribution in [0.2, 0.25) is 0 Å². The zero-order valence-corrected chi connectivity index (χ0v) is 10.7. The normalized spacial score (nSPS) is 16.1. The zero-order chi connectivity index (χ0) is 13.0. The zero-order valence-electron chi connectivity index (χ0n) is 10.7. The van der Waals surface area contributed by atoms with Gasteiger partial charge < -0.3 is 15.8 Å². The Bertz CT molecular complexity index is 428. The molecule has 1 aliphatic carbocycles. The molecule has 4 nitrogen and oxygen atoms in total. The molecule has 0 bridgehead atoms. The summed E-state index contributed by atoms with van der Waals surface area (Å²) >= 11 is 0. The highest BCUT2D eigenvalue weighted by Gasteiger charge is 2.41. The number of ether oxygens (including phenoxy) is 1. The first-order chi connectivity index (χ1) is 8.69. The highest BCUT2D eigenvalue weighted by molar-refractivity contribution is 5.94. The molecule has 1 amide bonds. The maximum atomic E-state index is 12.0. The third-order valence-corrected chi connectivity index (χ3v) is 3.59. The van der Waals surface area contributed by atoms with Crippen LogP contribution in [-0.4, -0.2) is 26.1 Å². The van der Waals surface area contributed by atoms with E-state index in [1.54, 1.807) is 19.2 Å². The van der Waals surface area contributed by atoms with Crippen LogP contribution in [0.4, 0.5) is 0 Å². The molecule has 1 aliphatic rings. The van der Waals surface area contributed by atoms with Gasteiger partial charge in [-0.05, 0) is 49.4 Å². The van der Waals surface area contributed by atoms with Gasteiger partial charge in [-0.1, -0.05) is 6.07 Å². The molecule has 2 rings (SSSR count). The van der Waals surface area contributed by atoms with E-state index in [4.69, 9.17) is 10.5 Å². The number of hydrogen-bond donors (Lipinski definition) is 2. The van der Waals surface area contributed by atoms with Crippen LogP contribution in [0.25, 0.3) is 0 Å². The Morgan fingerprint density at radius 2 is 2.28 bits per heavy atom. The molecule has 0 saturated heterocycles. The monoisotopic (exact) mass is 248 g/mol. The Hall–Kier alpha value is -1.55. The van der Waals surface area contributed by atoms with Crippen molar-refractivity contribution in [3.63, 3.8) is 0 Å². The lowest BCUT2D eigenvalue weighted by atomic mass is 10.0. The van der Waals surface area contributed by atoms with Crippen molar-refractivity contribution in [1.82, 2.24) is 5.32 Å². The van der Waals surface area contributed by atoms with E-state index in [2.05, 4.69) is 5.32 Å². The standard InChI is InChI=1S/C14H20N2O2/c1-18-12-4-2-3-11(9-12)13(17)16-10-14(5-6-14)7-8-15/h2-4,9H,5-8,10,15H2,1H3,(H,16,17). The minimum atomic E-state index is -0.0443. The van der Waals surface area contributed by atoms with E-state index in [0.29, 0.717) is 17.9 Å². The largest absolute Gasteiger partial charge is 0.497 e. The first-order valence-electron chi connectivity index (χ1n) is 6.31. The van der Waals surface area contributed by atoms with Crippen LogP contribution < -0.4 is 15.8 Å². The van der Waals surface area contributed by atoms with Gasteiger partial charge in [-0.2, -0.15) is 0 Å². The van der Waals surface area contributed by atoms with E-state index < -0.39 is 0 Å². The molecule has 98 valence electrons. The van der Waals surface area contributed by atoms with Crippen molar-refractivity contribution in [3.05, 3.63) is 29.8 Å². The van der Waals surface area contributed by atoms with Crippen LogP contribution >= 0.6 is 0 Å². The first kappa shape index (κ1) is 12.9. The fourth-order valence-electron chi connectivity index (χ4n) is 2.13. The Morgan fingerprint density at radius 1 is 1.50 bits per heavy atom. The van der Waals surface area contributed by atoms with Crippen LogP contribution in [-0.2, 0) is 0 Å². The molecule has 1 aromatic rings. The van der Waals surface area contributed by atoms with Crippen LogP contribution in [0.15, 0.2) is 24.3 Å². The average molecular weight is 248 g/mol.